The summed E-state index contributed by atoms with van der Waals surface area (Å²) in [5, 5.41) is 7.83. The van der Waals surface area contributed by atoms with Gasteiger partial charge >= 0.3 is 0 Å². The summed E-state index contributed by atoms with van der Waals surface area (Å²) in [7, 11) is 1.75. The van der Waals surface area contributed by atoms with Crippen LogP contribution in [0, 0.1) is 11.3 Å². The van der Waals surface area contributed by atoms with Crippen molar-refractivity contribution in [1.82, 2.24) is 15.3 Å². The molecule has 2 fully saturated rings. The molecule has 2 aliphatic carbocycles. The van der Waals surface area contributed by atoms with E-state index in [0.29, 0.717) is 22.4 Å². The van der Waals surface area contributed by atoms with Crippen LogP contribution in [-0.2, 0) is 11.2 Å². The Morgan fingerprint density at radius 2 is 1.94 bits per heavy atom. The minimum atomic E-state index is 0.454. The van der Waals surface area contributed by atoms with Gasteiger partial charge in [0, 0.05) is 61.7 Å². The van der Waals surface area contributed by atoms with Gasteiger partial charge in [-0.05, 0) is 68.4 Å². The number of hydrogen-bond donors (Lipinski definition) is 2. The van der Waals surface area contributed by atoms with Crippen LogP contribution in [-0.4, -0.2) is 42.8 Å². The van der Waals surface area contributed by atoms with Gasteiger partial charge in [-0.1, -0.05) is 18.5 Å². The molecule has 0 spiro atoms. The molecule has 6 heteroatoms. The highest BCUT2D eigenvalue weighted by atomic mass is 35.5. The van der Waals surface area contributed by atoms with Crippen molar-refractivity contribution in [3.63, 3.8) is 0 Å². The fourth-order valence-corrected chi connectivity index (χ4v) is 4.65. The third-order valence-electron chi connectivity index (χ3n) is 6.87. The predicted octanol–water partition coefficient (Wildman–Crippen LogP) is 5.35. The molecule has 2 aliphatic rings. The Hall–Kier alpha value is -1.69. The van der Waals surface area contributed by atoms with E-state index in [0.717, 1.165) is 48.6 Å². The Bertz CT molecular complexity index is 862. The fraction of sp³-hybridized carbons (Fsp3) is 0.600. The maximum Gasteiger partial charge on any atom is 0.0668 e. The summed E-state index contributed by atoms with van der Waals surface area (Å²) in [4.78, 5) is 9.09. The van der Waals surface area contributed by atoms with E-state index in [2.05, 4.69) is 39.7 Å². The van der Waals surface area contributed by atoms with Crippen molar-refractivity contribution in [2.45, 2.75) is 57.9 Å². The normalized spacial score (nSPS) is 22.3. The van der Waals surface area contributed by atoms with Gasteiger partial charge in [0.2, 0.25) is 0 Å². The van der Waals surface area contributed by atoms with E-state index < -0.39 is 0 Å². The van der Waals surface area contributed by atoms with Crippen molar-refractivity contribution < 1.29 is 4.74 Å². The predicted molar refractivity (Wildman–Crippen MR) is 128 cm³/mol. The first-order chi connectivity index (χ1) is 15.0. The van der Waals surface area contributed by atoms with Crippen LogP contribution in [0.25, 0.3) is 11.1 Å². The first-order valence-corrected chi connectivity index (χ1v) is 12.0. The van der Waals surface area contributed by atoms with E-state index in [9.17, 15) is 0 Å². The molecule has 4 rings (SSSR count). The average molecular weight is 443 g/mol. The summed E-state index contributed by atoms with van der Waals surface area (Å²) in [5.41, 5.74) is 4.70. The zero-order valence-electron chi connectivity index (χ0n) is 18.8. The van der Waals surface area contributed by atoms with Gasteiger partial charge in [-0.15, -0.1) is 0 Å². The Kier molecular flexibility index (Phi) is 7.47. The second-order valence-corrected chi connectivity index (χ2v) is 10.1. The average Bonchev–Trinajstić information content (AvgIpc) is 3.53. The van der Waals surface area contributed by atoms with Crippen molar-refractivity contribution in [3.05, 3.63) is 41.4 Å². The summed E-state index contributed by atoms with van der Waals surface area (Å²) in [6, 6.07) is 4.94. The highest BCUT2D eigenvalue weighted by Gasteiger charge is 2.36. The maximum absolute atomic E-state index is 6.54. The quantitative estimate of drug-likeness (QED) is 0.486. The number of nitrogens with one attached hydrogen (secondary N) is 2. The Labute approximate surface area is 191 Å². The Morgan fingerprint density at radius 3 is 2.68 bits per heavy atom. The molecule has 2 aromatic rings. The molecule has 168 valence electrons. The van der Waals surface area contributed by atoms with E-state index in [4.69, 9.17) is 16.3 Å². The van der Waals surface area contributed by atoms with E-state index in [-0.39, 0.29) is 0 Å². The number of hydrogen-bond acceptors (Lipinski definition) is 5. The van der Waals surface area contributed by atoms with E-state index in [1.54, 1.807) is 13.3 Å². The van der Waals surface area contributed by atoms with Gasteiger partial charge in [0.15, 0.2) is 0 Å². The minimum absolute atomic E-state index is 0.454. The molecule has 0 amide bonds. The van der Waals surface area contributed by atoms with Crippen molar-refractivity contribution in [2.75, 3.05) is 32.1 Å². The molecular weight excluding hydrogens is 408 g/mol. The zero-order chi connectivity index (χ0) is 21.7. The molecule has 0 radical (unpaired) electrons. The lowest BCUT2D eigenvalue weighted by atomic mass is 9.83. The van der Waals surface area contributed by atoms with Crippen LogP contribution in [0.1, 0.15) is 51.1 Å². The lowest BCUT2D eigenvalue weighted by Crippen LogP contribution is -2.35. The molecule has 2 heterocycles. The Balaban J connectivity index is 1.36. The summed E-state index contributed by atoms with van der Waals surface area (Å²) in [6.07, 6.45) is 14.1. The molecule has 2 saturated carbocycles. The monoisotopic (exact) mass is 442 g/mol. The van der Waals surface area contributed by atoms with Crippen LogP contribution in [0.4, 0.5) is 5.69 Å². The smallest absolute Gasteiger partial charge is 0.0668 e. The molecule has 0 aromatic carbocycles. The van der Waals surface area contributed by atoms with Crippen LogP contribution in [0.2, 0.25) is 5.02 Å². The highest BCUT2D eigenvalue weighted by molar-refractivity contribution is 6.33. The van der Waals surface area contributed by atoms with Gasteiger partial charge < -0.3 is 15.4 Å². The standard InChI is InChI=1S/C25H35ClN4O/c1-25(7-8-25)17-30-22-12-19(14-27-15-22)23-13-21(29-16-24(23)26)11-18-3-5-20(6-4-18)28-9-10-31-2/h12-16,18,20,28,30H,3-11,17H2,1-2H3. The van der Waals surface area contributed by atoms with E-state index >= 15 is 0 Å². The van der Waals surface area contributed by atoms with Gasteiger partial charge in [0.25, 0.3) is 0 Å². The Morgan fingerprint density at radius 1 is 1.13 bits per heavy atom. The largest absolute Gasteiger partial charge is 0.383 e. The molecule has 5 nitrogen and oxygen atoms in total. The van der Waals surface area contributed by atoms with E-state index in [1.165, 1.54) is 38.5 Å². The fourth-order valence-electron chi connectivity index (χ4n) is 4.44. The number of anilines is 1. The number of aromatic nitrogens is 2. The summed E-state index contributed by atoms with van der Waals surface area (Å²) in [5.74, 6) is 0.687. The number of pyridine rings is 2. The number of halogens is 1. The number of ether oxygens (including phenoxy) is 1. The first-order valence-electron chi connectivity index (χ1n) is 11.6. The van der Waals surface area contributed by atoms with Crippen molar-refractivity contribution >= 4 is 17.3 Å². The molecule has 2 N–H and O–H groups in total. The molecule has 0 aliphatic heterocycles. The second kappa shape index (κ2) is 10.3. The van der Waals surface area contributed by atoms with Crippen LogP contribution in [0.3, 0.4) is 0 Å². The third-order valence-corrected chi connectivity index (χ3v) is 7.17. The van der Waals surface area contributed by atoms with E-state index in [1.807, 2.05) is 12.4 Å². The number of methoxy groups -OCH3 is 1. The van der Waals surface area contributed by atoms with Gasteiger partial charge in [-0.2, -0.15) is 0 Å². The van der Waals surface area contributed by atoms with Crippen molar-refractivity contribution in [3.8, 4) is 11.1 Å². The van der Waals surface area contributed by atoms with Crippen LogP contribution >= 0.6 is 11.6 Å². The zero-order valence-corrected chi connectivity index (χ0v) is 19.5. The third kappa shape index (κ3) is 6.41. The summed E-state index contributed by atoms with van der Waals surface area (Å²) in [6.45, 7) is 5.04. The van der Waals surface area contributed by atoms with Gasteiger partial charge in [-0.3, -0.25) is 9.97 Å². The van der Waals surface area contributed by atoms with Crippen molar-refractivity contribution in [2.24, 2.45) is 11.3 Å². The lowest BCUT2D eigenvalue weighted by Gasteiger charge is -2.29. The maximum atomic E-state index is 6.54. The summed E-state index contributed by atoms with van der Waals surface area (Å²) < 4.78 is 5.14. The van der Waals surface area contributed by atoms with Gasteiger partial charge in [0.05, 0.1) is 17.3 Å². The lowest BCUT2D eigenvalue weighted by molar-refractivity contribution is 0.188. The van der Waals surface area contributed by atoms with Crippen LogP contribution in [0.15, 0.2) is 30.7 Å². The number of rotatable bonds is 10. The highest BCUT2D eigenvalue weighted by Crippen LogP contribution is 2.44. The van der Waals surface area contributed by atoms with Crippen LogP contribution < -0.4 is 10.6 Å². The number of nitrogens with zero attached hydrogens (tertiary/aromatic N) is 2. The van der Waals surface area contributed by atoms with Gasteiger partial charge in [-0.25, -0.2) is 0 Å². The molecule has 2 aromatic heterocycles. The molecule has 0 atom stereocenters. The van der Waals surface area contributed by atoms with Crippen LogP contribution in [0.5, 0.6) is 0 Å². The first kappa shape index (κ1) is 22.5. The SMILES string of the molecule is COCCNC1CCC(Cc2cc(-c3cncc(NCC4(C)CC4)c3)c(Cl)cn2)CC1. The topological polar surface area (TPSA) is 59.1 Å². The molecule has 0 saturated heterocycles. The minimum Gasteiger partial charge on any atom is -0.383 e. The van der Waals surface area contributed by atoms with Gasteiger partial charge in [0.1, 0.15) is 0 Å². The van der Waals surface area contributed by atoms with Crippen molar-refractivity contribution in [1.29, 1.82) is 0 Å². The molecule has 0 unspecified atom stereocenters. The summed E-state index contributed by atoms with van der Waals surface area (Å²) >= 11 is 6.54. The molecule has 0 bridgehead atoms. The molecule has 31 heavy (non-hydrogen) atoms. The second-order valence-electron chi connectivity index (χ2n) is 9.65. The molecular formula is C25H35ClN4O.